The minimum Gasteiger partial charge on any atom is -0.300 e. The topological polar surface area (TPSA) is 52.0 Å². The third-order valence-electron chi connectivity index (χ3n) is 6.08. The van der Waals surface area contributed by atoms with E-state index in [0.717, 1.165) is 54.7 Å². The summed E-state index contributed by atoms with van der Waals surface area (Å²) in [6, 6.07) is 14.0. The average Bonchev–Trinajstić information content (AvgIpc) is 2.77. The van der Waals surface area contributed by atoms with Gasteiger partial charge >= 0.3 is 0 Å². The van der Waals surface area contributed by atoms with Crippen molar-refractivity contribution in [1.82, 2.24) is 9.55 Å². The highest BCUT2D eigenvalue weighted by Crippen LogP contribution is 2.20. The number of ketones is 1. The monoisotopic (exact) mass is 432 g/mol. The van der Waals surface area contributed by atoms with Crippen molar-refractivity contribution in [3.05, 3.63) is 69.8 Å². The van der Waals surface area contributed by atoms with Crippen molar-refractivity contribution in [3.8, 4) is 5.69 Å². The smallest absolute Gasteiger partial charge is 0.265 e. The number of Topliss-reactive ketones (excluding diaryl/α,β-unsaturated/α-hetero) is 1. The molecule has 0 saturated carbocycles. The van der Waals surface area contributed by atoms with Crippen molar-refractivity contribution in [2.45, 2.75) is 85.0 Å². The Kier molecular flexibility index (Phi) is 8.38. The molecule has 0 aliphatic heterocycles. The Bertz CT molecular complexity index is 1110. The average molecular weight is 433 g/mol. The molecule has 4 heteroatoms. The van der Waals surface area contributed by atoms with Gasteiger partial charge in [0, 0.05) is 19.3 Å². The van der Waals surface area contributed by atoms with Crippen LogP contribution in [0.2, 0.25) is 0 Å². The molecular weight excluding hydrogens is 396 g/mol. The quantitative estimate of drug-likeness (QED) is 0.318. The number of carbonyl (C=O) groups excluding carboxylic acids is 1. The van der Waals surface area contributed by atoms with Crippen LogP contribution >= 0.6 is 0 Å². The lowest BCUT2D eigenvalue weighted by molar-refractivity contribution is -0.119. The van der Waals surface area contributed by atoms with Crippen LogP contribution < -0.4 is 5.56 Å². The first kappa shape index (κ1) is 23.9. The molecule has 0 bridgehead atoms. The van der Waals surface area contributed by atoms with Gasteiger partial charge in [0.1, 0.15) is 11.6 Å². The second kappa shape index (κ2) is 11.2. The zero-order valence-corrected chi connectivity index (χ0v) is 20.0. The Morgan fingerprint density at radius 3 is 2.31 bits per heavy atom. The van der Waals surface area contributed by atoms with Crippen LogP contribution in [0.4, 0.5) is 0 Å². The number of hydrogen-bond donors (Lipinski definition) is 0. The third kappa shape index (κ3) is 5.93. The molecule has 3 aromatic rings. The Balaban J connectivity index is 1.85. The van der Waals surface area contributed by atoms with Gasteiger partial charge in [0.2, 0.25) is 0 Å². The van der Waals surface area contributed by atoms with Gasteiger partial charge in [0.25, 0.3) is 5.56 Å². The molecule has 32 heavy (non-hydrogen) atoms. The number of rotatable bonds is 11. The van der Waals surface area contributed by atoms with Crippen molar-refractivity contribution >= 4 is 16.7 Å². The fraction of sp³-hybridized carbons (Fsp3) is 0.464. The number of fused-ring (bicyclic) bond motifs is 1. The van der Waals surface area contributed by atoms with Crippen molar-refractivity contribution in [1.29, 1.82) is 0 Å². The fourth-order valence-electron chi connectivity index (χ4n) is 4.09. The molecule has 170 valence electrons. The molecule has 0 aliphatic carbocycles. The highest BCUT2D eigenvalue weighted by Gasteiger charge is 2.14. The van der Waals surface area contributed by atoms with E-state index in [2.05, 4.69) is 32.9 Å². The molecule has 4 nitrogen and oxygen atoms in total. The molecule has 0 amide bonds. The van der Waals surface area contributed by atoms with Crippen LogP contribution in [0.5, 0.6) is 0 Å². The molecule has 0 atom stereocenters. The number of benzene rings is 2. The number of aryl methyl sites for hydroxylation is 2. The number of aromatic nitrogens is 2. The summed E-state index contributed by atoms with van der Waals surface area (Å²) in [7, 11) is 0. The van der Waals surface area contributed by atoms with Crippen LogP contribution in [-0.4, -0.2) is 15.3 Å². The van der Waals surface area contributed by atoms with Crippen molar-refractivity contribution < 1.29 is 4.79 Å². The van der Waals surface area contributed by atoms with E-state index in [9.17, 15) is 9.59 Å². The van der Waals surface area contributed by atoms with Crippen LogP contribution in [0, 0.1) is 6.92 Å². The molecule has 0 aliphatic rings. The molecule has 0 saturated heterocycles. The second-order valence-electron chi connectivity index (χ2n) is 9.14. The maximum absolute atomic E-state index is 13.4. The summed E-state index contributed by atoms with van der Waals surface area (Å²) in [4.78, 5) is 30.4. The summed E-state index contributed by atoms with van der Waals surface area (Å²) in [5.41, 5.74) is 3.90. The lowest BCUT2D eigenvalue weighted by atomic mass is 10.0. The van der Waals surface area contributed by atoms with Crippen LogP contribution in [0.3, 0.4) is 0 Å². The summed E-state index contributed by atoms with van der Waals surface area (Å²) >= 11 is 0. The van der Waals surface area contributed by atoms with Gasteiger partial charge in [-0.15, -0.1) is 0 Å². The minimum absolute atomic E-state index is 0.0297. The van der Waals surface area contributed by atoms with E-state index >= 15 is 0 Å². The van der Waals surface area contributed by atoms with Gasteiger partial charge in [-0.05, 0) is 67.5 Å². The number of carbonyl (C=O) groups is 1. The predicted molar refractivity (Wildman–Crippen MR) is 133 cm³/mol. The highest BCUT2D eigenvalue weighted by molar-refractivity contribution is 5.79. The zero-order valence-electron chi connectivity index (χ0n) is 20.0. The summed E-state index contributed by atoms with van der Waals surface area (Å²) in [6.45, 7) is 8.49. The van der Waals surface area contributed by atoms with Gasteiger partial charge < -0.3 is 0 Å². The van der Waals surface area contributed by atoms with Crippen LogP contribution in [0.15, 0.2) is 47.3 Å². The Hall–Kier alpha value is -2.75. The van der Waals surface area contributed by atoms with E-state index in [4.69, 9.17) is 4.98 Å². The van der Waals surface area contributed by atoms with Crippen LogP contribution in [0.1, 0.15) is 88.6 Å². The van der Waals surface area contributed by atoms with E-state index in [1.54, 1.807) is 4.57 Å². The number of hydrogen-bond acceptors (Lipinski definition) is 3. The van der Waals surface area contributed by atoms with Gasteiger partial charge in [0.05, 0.1) is 16.6 Å². The number of nitrogens with zero attached hydrogens (tertiary/aromatic N) is 2. The van der Waals surface area contributed by atoms with E-state index in [0.29, 0.717) is 36.3 Å². The highest BCUT2D eigenvalue weighted by atomic mass is 16.1. The van der Waals surface area contributed by atoms with Gasteiger partial charge in [-0.25, -0.2) is 4.98 Å². The van der Waals surface area contributed by atoms with Crippen molar-refractivity contribution in [2.24, 2.45) is 0 Å². The van der Waals surface area contributed by atoms with Crippen LogP contribution in [-0.2, 0) is 11.2 Å². The van der Waals surface area contributed by atoms with E-state index in [1.807, 2.05) is 37.3 Å². The van der Waals surface area contributed by atoms with Gasteiger partial charge in [-0.2, -0.15) is 0 Å². The Morgan fingerprint density at radius 2 is 1.66 bits per heavy atom. The Labute approximate surface area is 191 Å². The molecule has 0 spiro atoms. The molecule has 1 aromatic heterocycles. The lowest BCUT2D eigenvalue weighted by Gasteiger charge is -2.15. The largest absolute Gasteiger partial charge is 0.300 e. The zero-order chi connectivity index (χ0) is 23.1. The lowest BCUT2D eigenvalue weighted by Crippen LogP contribution is -2.24. The van der Waals surface area contributed by atoms with E-state index in [1.165, 1.54) is 5.56 Å². The normalized spacial score (nSPS) is 11.4. The molecule has 2 aromatic carbocycles. The maximum atomic E-state index is 13.4. The third-order valence-corrected chi connectivity index (χ3v) is 6.08. The standard InChI is InChI=1S/C28H36N2O2/c1-5-6-7-10-24(31)11-8-9-12-27-29-26-19-21(4)13-18-25(26)28(32)30(27)23-16-14-22(15-17-23)20(2)3/h13-20H,5-12H2,1-4H3. The maximum Gasteiger partial charge on any atom is 0.265 e. The van der Waals surface area contributed by atoms with Crippen molar-refractivity contribution in [3.63, 3.8) is 0 Å². The molecule has 0 unspecified atom stereocenters. The Morgan fingerprint density at radius 1 is 0.969 bits per heavy atom. The SMILES string of the molecule is CCCCCC(=O)CCCCc1nc2cc(C)ccc2c(=O)n1-c1ccc(C(C)C)cc1. The first-order chi connectivity index (χ1) is 15.4. The molecule has 0 fully saturated rings. The first-order valence-electron chi connectivity index (χ1n) is 12.0. The summed E-state index contributed by atoms with van der Waals surface area (Å²) in [6.07, 6.45) is 6.90. The predicted octanol–water partition coefficient (Wildman–Crippen LogP) is 6.68. The van der Waals surface area contributed by atoms with Gasteiger partial charge in [-0.1, -0.05) is 51.8 Å². The van der Waals surface area contributed by atoms with Crippen molar-refractivity contribution in [2.75, 3.05) is 0 Å². The molecular formula is C28H36N2O2. The molecule has 0 N–H and O–H groups in total. The summed E-state index contributed by atoms with van der Waals surface area (Å²) in [5, 5.41) is 0.637. The number of unbranched alkanes of at least 4 members (excludes halogenated alkanes) is 3. The second-order valence-corrected chi connectivity index (χ2v) is 9.14. The fourth-order valence-corrected chi connectivity index (χ4v) is 4.09. The molecule has 1 heterocycles. The van der Waals surface area contributed by atoms with E-state index < -0.39 is 0 Å². The summed E-state index contributed by atoms with van der Waals surface area (Å²) in [5.74, 6) is 1.55. The van der Waals surface area contributed by atoms with Gasteiger partial charge in [0.15, 0.2) is 0 Å². The molecule has 0 radical (unpaired) electrons. The molecule has 3 rings (SSSR count). The van der Waals surface area contributed by atoms with E-state index in [-0.39, 0.29) is 5.56 Å². The minimum atomic E-state index is -0.0297. The van der Waals surface area contributed by atoms with Crippen LogP contribution in [0.25, 0.3) is 16.6 Å². The first-order valence-corrected chi connectivity index (χ1v) is 12.0. The van der Waals surface area contributed by atoms with Gasteiger partial charge in [-0.3, -0.25) is 14.2 Å². The summed E-state index contributed by atoms with van der Waals surface area (Å²) < 4.78 is 1.75.